The minimum absolute atomic E-state index is 0.214. The summed E-state index contributed by atoms with van der Waals surface area (Å²) < 4.78 is 5.47. The normalized spacial score (nSPS) is 24.2. The predicted molar refractivity (Wildman–Crippen MR) is 55.1 cm³/mol. The third-order valence-electron chi connectivity index (χ3n) is 2.33. The Morgan fingerprint density at radius 1 is 1.50 bits per heavy atom. The van der Waals surface area contributed by atoms with Gasteiger partial charge >= 0.3 is 0 Å². The molecular formula is C10H8Cl2O2. The predicted octanol–water partition coefficient (Wildman–Crippen LogP) is 2.97. The fourth-order valence-electron chi connectivity index (χ4n) is 1.70. The zero-order valence-electron chi connectivity index (χ0n) is 7.46. The highest BCUT2D eigenvalue weighted by molar-refractivity contribution is 6.64. The minimum atomic E-state index is -0.404. The summed E-state index contributed by atoms with van der Waals surface area (Å²) in [5.41, 5.74) is 0.782. The molecule has 0 aliphatic carbocycles. The first-order chi connectivity index (χ1) is 6.59. The number of benzene rings is 1. The van der Waals surface area contributed by atoms with Crippen molar-refractivity contribution in [3.63, 3.8) is 0 Å². The van der Waals surface area contributed by atoms with Gasteiger partial charge in [-0.05, 0) is 36.7 Å². The lowest BCUT2D eigenvalue weighted by Gasteiger charge is -2.08. The molecule has 1 aliphatic rings. The second kappa shape index (κ2) is 3.44. The zero-order valence-corrected chi connectivity index (χ0v) is 8.97. The van der Waals surface area contributed by atoms with Gasteiger partial charge in [0.1, 0.15) is 11.9 Å². The molecule has 14 heavy (non-hydrogen) atoms. The lowest BCUT2D eigenvalue weighted by Crippen LogP contribution is -2.18. The molecule has 1 aromatic carbocycles. The Labute approximate surface area is 91.8 Å². The number of carbonyl (C=O) groups excluding carboxylic acids is 1. The Balaban J connectivity index is 2.49. The Morgan fingerprint density at radius 2 is 2.21 bits per heavy atom. The van der Waals surface area contributed by atoms with Gasteiger partial charge in [0.25, 0.3) is 0 Å². The lowest BCUT2D eigenvalue weighted by atomic mass is 9.98. The molecular weight excluding hydrogens is 223 g/mol. The molecule has 1 aliphatic heterocycles. The number of carbonyl (C=O) groups is 1. The molecule has 0 bridgehead atoms. The number of hydrogen-bond acceptors (Lipinski definition) is 2. The molecule has 0 aromatic heterocycles. The van der Waals surface area contributed by atoms with Crippen molar-refractivity contribution in [2.24, 2.45) is 0 Å². The topological polar surface area (TPSA) is 26.3 Å². The van der Waals surface area contributed by atoms with Gasteiger partial charge in [-0.25, -0.2) is 0 Å². The second-order valence-electron chi connectivity index (χ2n) is 3.29. The van der Waals surface area contributed by atoms with E-state index in [-0.39, 0.29) is 6.10 Å². The van der Waals surface area contributed by atoms with Crippen LogP contribution in [0.2, 0.25) is 5.02 Å². The van der Waals surface area contributed by atoms with E-state index in [4.69, 9.17) is 27.9 Å². The molecule has 0 amide bonds. The SMILES string of the molecule is CC1Oc2ccc(Cl)cc2C1C(=O)Cl. The summed E-state index contributed by atoms with van der Waals surface area (Å²) in [5, 5.41) is 0.183. The fraction of sp³-hybridized carbons (Fsp3) is 0.300. The maximum Gasteiger partial charge on any atom is 0.232 e. The summed E-state index contributed by atoms with van der Waals surface area (Å²) in [5.74, 6) is 0.297. The van der Waals surface area contributed by atoms with Crippen LogP contribution in [-0.4, -0.2) is 11.3 Å². The van der Waals surface area contributed by atoms with Crippen molar-refractivity contribution in [1.82, 2.24) is 0 Å². The maximum absolute atomic E-state index is 11.2. The van der Waals surface area contributed by atoms with Crippen LogP contribution in [0.25, 0.3) is 0 Å². The average Bonchev–Trinajstić information content (AvgIpc) is 2.40. The van der Waals surface area contributed by atoms with Crippen molar-refractivity contribution in [3.8, 4) is 5.75 Å². The van der Waals surface area contributed by atoms with Crippen LogP contribution in [0.5, 0.6) is 5.75 Å². The Bertz CT molecular complexity index is 390. The van der Waals surface area contributed by atoms with Crippen molar-refractivity contribution < 1.29 is 9.53 Å². The first kappa shape index (κ1) is 9.81. The van der Waals surface area contributed by atoms with Gasteiger partial charge in [0.2, 0.25) is 5.24 Å². The molecule has 0 saturated heterocycles. The molecule has 0 N–H and O–H groups in total. The van der Waals surface area contributed by atoms with Gasteiger partial charge in [-0.3, -0.25) is 4.79 Å². The lowest BCUT2D eigenvalue weighted by molar-refractivity contribution is -0.114. The molecule has 0 spiro atoms. The van der Waals surface area contributed by atoms with E-state index in [9.17, 15) is 4.79 Å². The van der Waals surface area contributed by atoms with Crippen LogP contribution in [0, 0.1) is 0 Å². The molecule has 4 heteroatoms. The smallest absolute Gasteiger partial charge is 0.232 e. The Morgan fingerprint density at radius 3 is 2.86 bits per heavy atom. The molecule has 1 aromatic rings. The highest BCUT2D eigenvalue weighted by atomic mass is 35.5. The summed E-state index contributed by atoms with van der Waals surface area (Å²) in [6.45, 7) is 1.82. The molecule has 2 nitrogen and oxygen atoms in total. The van der Waals surface area contributed by atoms with Gasteiger partial charge in [-0.1, -0.05) is 11.6 Å². The van der Waals surface area contributed by atoms with Crippen LogP contribution in [0.1, 0.15) is 18.4 Å². The molecule has 2 unspecified atom stereocenters. The average molecular weight is 231 g/mol. The van der Waals surface area contributed by atoms with E-state index in [1.165, 1.54) is 0 Å². The van der Waals surface area contributed by atoms with Crippen molar-refractivity contribution >= 4 is 28.4 Å². The van der Waals surface area contributed by atoms with E-state index in [1.807, 2.05) is 6.92 Å². The third kappa shape index (κ3) is 1.49. The highest BCUT2D eigenvalue weighted by Gasteiger charge is 2.35. The van der Waals surface area contributed by atoms with Crippen LogP contribution in [0.3, 0.4) is 0 Å². The number of ether oxygens (including phenoxy) is 1. The summed E-state index contributed by atoms with van der Waals surface area (Å²) >= 11 is 11.3. The molecule has 1 heterocycles. The number of fused-ring (bicyclic) bond motifs is 1. The van der Waals surface area contributed by atoms with Crippen LogP contribution < -0.4 is 4.74 Å². The maximum atomic E-state index is 11.2. The van der Waals surface area contributed by atoms with Crippen LogP contribution in [0.15, 0.2) is 18.2 Å². The van der Waals surface area contributed by atoms with Gasteiger partial charge in [-0.15, -0.1) is 0 Å². The third-order valence-corrected chi connectivity index (χ3v) is 2.80. The van der Waals surface area contributed by atoms with E-state index in [0.29, 0.717) is 10.8 Å². The van der Waals surface area contributed by atoms with Gasteiger partial charge in [0.15, 0.2) is 0 Å². The van der Waals surface area contributed by atoms with Crippen LogP contribution in [0.4, 0.5) is 0 Å². The zero-order chi connectivity index (χ0) is 10.3. The summed E-state index contributed by atoms with van der Waals surface area (Å²) in [6.07, 6.45) is -0.214. The van der Waals surface area contributed by atoms with Gasteiger partial charge in [0, 0.05) is 10.6 Å². The summed E-state index contributed by atoms with van der Waals surface area (Å²) in [4.78, 5) is 11.2. The first-order valence-electron chi connectivity index (χ1n) is 4.25. The van der Waals surface area contributed by atoms with Crippen molar-refractivity contribution in [3.05, 3.63) is 28.8 Å². The number of rotatable bonds is 1. The standard InChI is InChI=1S/C10H8Cl2O2/c1-5-9(10(12)13)7-4-6(11)2-3-8(7)14-5/h2-5,9H,1H3. The number of hydrogen-bond donors (Lipinski definition) is 0. The van der Waals surface area contributed by atoms with Crippen LogP contribution in [-0.2, 0) is 4.79 Å². The van der Waals surface area contributed by atoms with Gasteiger partial charge < -0.3 is 4.74 Å². The van der Waals surface area contributed by atoms with Crippen LogP contribution >= 0.6 is 23.2 Å². The summed E-state index contributed by atoms with van der Waals surface area (Å²) in [7, 11) is 0. The van der Waals surface area contributed by atoms with E-state index < -0.39 is 11.2 Å². The fourth-order valence-corrected chi connectivity index (χ4v) is 2.17. The monoisotopic (exact) mass is 230 g/mol. The Kier molecular flexibility index (Phi) is 2.41. The Hall–Kier alpha value is -0.730. The minimum Gasteiger partial charge on any atom is -0.489 e. The highest BCUT2D eigenvalue weighted by Crippen LogP contribution is 2.40. The van der Waals surface area contributed by atoms with E-state index in [2.05, 4.69) is 0 Å². The molecule has 74 valence electrons. The van der Waals surface area contributed by atoms with E-state index in [1.54, 1.807) is 18.2 Å². The van der Waals surface area contributed by atoms with Crippen molar-refractivity contribution in [2.75, 3.05) is 0 Å². The summed E-state index contributed by atoms with van der Waals surface area (Å²) in [6, 6.07) is 5.22. The quantitative estimate of drug-likeness (QED) is 0.694. The molecule has 2 atom stereocenters. The molecule has 0 fully saturated rings. The molecule has 2 rings (SSSR count). The largest absolute Gasteiger partial charge is 0.489 e. The first-order valence-corrected chi connectivity index (χ1v) is 5.00. The van der Waals surface area contributed by atoms with E-state index in [0.717, 1.165) is 5.56 Å². The van der Waals surface area contributed by atoms with Gasteiger partial charge in [-0.2, -0.15) is 0 Å². The molecule has 0 saturated carbocycles. The second-order valence-corrected chi connectivity index (χ2v) is 4.10. The molecule has 0 radical (unpaired) electrons. The van der Waals surface area contributed by atoms with E-state index >= 15 is 0 Å². The van der Waals surface area contributed by atoms with Crippen molar-refractivity contribution in [1.29, 1.82) is 0 Å². The number of halogens is 2. The van der Waals surface area contributed by atoms with Crippen molar-refractivity contribution in [2.45, 2.75) is 18.9 Å². The van der Waals surface area contributed by atoms with Gasteiger partial charge in [0.05, 0.1) is 5.92 Å².